The molecule has 0 saturated carbocycles. The standard InChI is InChI=1S/C13H22N2O/c1-5-7-14-9-11-6-8-15-10-12(11)16-13(2,3)4/h6,8,10,14H,5,7,9H2,1-4H3. The summed E-state index contributed by atoms with van der Waals surface area (Å²) >= 11 is 0. The SMILES string of the molecule is CCCNCc1ccncc1OC(C)(C)C. The van der Waals surface area contributed by atoms with E-state index in [-0.39, 0.29) is 5.60 Å². The van der Waals surface area contributed by atoms with E-state index in [1.807, 2.05) is 26.8 Å². The van der Waals surface area contributed by atoms with Gasteiger partial charge in [-0.05, 0) is 39.8 Å². The predicted octanol–water partition coefficient (Wildman–Crippen LogP) is 2.76. The van der Waals surface area contributed by atoms with Gasteiger partial charge in [0.25, 0.3) is 0 Å². The first-order chi connectivity index (χ1) is 7.53. The Balaban J connectivity index is 2.68. The Morgan fingerprint density at radius 1 is 1.38 bits per heavy atom. The molecule has 1 heterocycles. The molecule has 90 valence electrons. The molecule has 0 aromatic carbocycles. The molecule has 0 aliphatic heterocycles. The highest BCUT2D eigenvalue weighted by Crippen LogP contribution is 2.21. The number of nitrogens with zero attached hydrogens (tertiary/aromatic N) is 1. The molecule has 0 fully saturated rings. The van der Waals surface area contributed by atoms with Gasteiger partial charge in [-0.1, -0.05) is 6.92 Å². The van der Waals surface area contributed by atoms with Crippen molar-refractivity contribution in [1.82, 2.24) is 10.3 Å². The van der Waals surface area contributed by atoms with Crippen LogP contribution >= 0.6 is 0 Å². The Morgan fingerprint density at radius 2 is 2.12 bits per heavy atom. The van der Waals surface area contributed by atoms with Crippen molar-refractivity contribution in [3.8, 4) is 5.75 Å². The third-order valence-electron chi connectivity index (χ3n) is 2.03. The second-order valence-electron chi connectivity index (χ2n) is 4.87. The van der Waals surface area contributed by atoms with Crippen molar-refractivity contribution < 1.29 is 4.74 Å². The minimum Gasteiger partial charge on any atom is -0.486 e. The van der Waals surface area contributed by atoms with E-state index in [1.165, 1.54) is 5.56 Å². The Kier molecular flexibility index (Phi) is 4.74. The second kappa shape index (κ2) is 5.85. The lowest BCUT2D eigenvalue weighted by atomic mass is 10.1. The number of ether oxygens (including phenoxy) is 1. The van der Waals surface area contributed by atoms with Crippen molar-refractivity contribution in [3.63, 3.8) is 0 Å². The van der Waals surface area contributed by atoms with Gasteiger partial charge in [0.1, 0.15) is 11.4 Å². The van der Waals surface area contributed by atoms with Crippen LogP contribution in [0.1, 0.15) is 39.7 Å². The number of rotatable bonds is 5. The molecule has 0 amide bonds. The van der Waals surface area contributed by atoms with Gasteiger partial charge in [-0.25, -0.2) is 0 Å². The summed E-state index contributed by atoms with van der Waals surface area (Å²) in [5.41, 5.74) is 0.987. The summed E-state index contributed by atoms with van der Waals surface area (Å²) in [6, 6.07) is 2.00. The van der Waals surface area contributed by atoms with Crippen LogP contribution in [0.3, 0.4) is 0 Å². The maximum Gasteiger partial charge on any atom is 0.142 e. The zero-order valence-electron chi connectivity index (χ0n) is 10.7. The third kappa shape index (κ3) is 4.62. The Bertz CT molecular complexity index is 318. The van der Waals surface area contributed by atoms with Gasteiger partial charge in [0.05, 0.1) is 6.20 Å². The molecule has 0 bridgehead atoms. The molecular formula is C13H22N2O. The molecule has 1 rings (SSSR count). The molecule has 0 radical (unpaired) electrons. The summed E-state index contributed by atoms with van der Waals surface area (Å²) in [4.78, 5) is 4.10. The predicted molar refractivity (Wildman–Crippen MR) is 66.6 cm³/mol. The van der Waals surface area contributed by atoms with Crippen LogP contribution in [-0.2, 0) is 6.54 Å². The molecular weight excluding hydrogens is 200 g/mol. The van der Waals surface area contributed by atoms with Crippen LogP contribution in [-0.4, -0.2) is 17.1 Å². The van der Waals surface area contributed by atoms with E-state index < -0.39 is 0 Å². The van der Waals surface area contributed by atoms with Crippen LogP contribution in [0.4, 0.5) is 0 Å². The molecule has 0 saturated heterocycles. The van der Waals surface area contributed by atoms with Crippen LogP contribution in [0, 0.1) is 0 Å². The van der Waals surface area contributed by atoms with E-state index in [1.54, 1.807) is 12.4 Å². The first-order valence-corrected chi connectivity index (χ1v) is 5.85. The zero-order chi connectivity index (χ0) is 12.0. The second-order valence-corrected chi connectivity index (χ2v) is 4.87. The number of nitrogens with one attached hydrogen (secondary N) is 1. The van der Waals surface area contributed by atoms with Crippen molar-refractivity contribution in [2.24, 2.45) is 0 Å². The first kappa shape index (κ1) is 13.0. The quantitative estimate of drug-likeness (QED) is 0.778. The van der Waals surface area contributed by atoms with E-state index in [9.17, 15) is 0 Å². The molecule has 1 aromatic heterocycles. The lowest BCUT2D eigenvalue weighted by molar-refractivity contribution is 0.128. The van der Waals surface area contributed by atoms with E-state index in [0.717, 1.165) is 25.3 Å². The fourth-order valence-corrected chi connectivity index (χ4v) is 1.38. The lowest BCUT2D eigenvalue weighted by Gasteiger charge is -2.23. The van der Waals surface area contributed by atoms with Crippen LogP contribution in [0.5, 0.6) is 5.75 Å². The normalized spacial score (nSPS) is 11.5. The van der Waals surface area contributed by atoms with Gasteiger partial charge in [-0.15, -0.1) is 0 Å². The van der Waals surface area contributed by atoms with E-state index >= 15 is 0 Å². The van der Waals surface area contributed by atoms with Crippen molar-refractivity contribution in [1.29, 1.82) is 0 Å². The van der Waals surface area contributed by atoms with Gasteiger partial charge >= 0.3 is 0 Å². The molecule has 1 N–H and O–H groups in total. The average Bonchev–Trinajstić information content (AvgIpc) is 2.19. The van der Waals surface area contributed by atoms with Gasteiger partial charge in [0.15, 0.2) is 0 Å². The molecule has 3 nitrogen and oxygen atoms in total. The highest BCUT2D eigenvalue weighted by molar-refractivity contribution is 5.30. The van der Waals surface area contributed by atoms with Gasteiger partial charge in [-0.2, -0.15) is 0 Å². The van der Waals surface area contributed by atoms with Crippen LogP contribution in [0.2, 0.25) is 0 Å². The van der Waals surface area contributed by atoms with Crippen molar-refractivity contribution in [2.75, 3.05) is 6.54 Å². The number of pyridine rings is 1. The smallest absolute Gasteiger partial charge is 0.142 e. The van der Waals surface area contributed by atoms with Crippen LogP contribution in [0.25, 0.3) is 0 Å². The Hall–Kier alpha value is -1.09. The van der Waals surface area contributed by atoms with E-state index in [0.29, 0.717) is 0 Å². The minimum atomic E-state index is -0.178. The van der Waals surface area contributed by atoms with E-state index in [2.05, 4.69) is 17.2 Å². The molecule has 0 atom stereocenters. The summed E-state index contributed by atoms with van der Waals surface area (Å²) in [7, 11) is 0. The highest BCUT2D eigenvalue weighted by atomic mass is 16.5. The molecule has 16 heavy (non-hydrogen) atoms. The van der Waals surface area contributed by atoms with Gasteiger partial charge in [-0.3, -0.25) is 4.98 Å². The molecule has 3 heteroatoms. The summed E-state index contributed by atoms with van der Waals surface area (Å²) in [6.07, 6.45) is 4.73. The van der Waals surface area contributed by atoms with Crippen molar-refractivity contribution >= 4 is 0 Å². The fraction of sp³-hybridized carbons (Fsp3) is 0.615. The number of aromatic nitrogens is 1. The zero-order valence-corrected chi connectivity index (χ0v) is 10.7. The fourth-order valence-electron chi connectivity index (χ4n) is 1.38. The maximum atomic E-state index is 5.86. The van der Waals surface area contributed by atoms with Gasteiger partial charge < -0.3 is 10.1 Å². The number of hydrogen-bond acceptors (Lipinski definition) is 3. The van der Waals surface area contributed by atoms with Gasteiger partial charge in [0, 0.05) is 18.3 Å². The Morgan fingerprint density at radius 3 is 2.75 bits per heavy atom. The largest absolute Gasteiger partial charge is 0.486 e. The first-order valence-electron chi connectivity index (χ1n) is 5.85. The lowest BCUT2D eigenvalue weighted by Crippen LogP contribution is -2.24. The monoisotopic (exact) mass is 222 g/mol. The number of hydrogen-bond donors (Lipinski definition) is 1. The topological polar surface area (TPSA) is 34.2 Å². The van der Waals surface area contributed by atoms with Crippen LogP contribution in [0.15, 0.2) is 18.5 Å². The molecule has 1 aromatic rings. The van der Waals surface area contributed by atoms with Crippen LogP contribution < -0.4 is 10.1 Å². The summed E-state index contributed by atoms with van der Waals surface area (Å²) in [6.45, 7) is 10.2. The molecule has 0 unspecified atom stereocenters. The molecule has 0 spiro atoms. The van der Waals surface area contributed by atoms with Gasteiger partial charge in [0.2, 0.25) is 0 Å². The minimum absolute atomic E-state index is 0.178. The maximum absolute atomic E-state index is 5.86. The summed E-state index contributed by atoms with van der Waals surface area (Å²) in [5, 5.41) is 3.37. The average molecular weight is 222 g/mol. The summed E-state index contributed by atoms with van der Waals surface area (Å²) in [5.74, 6) is 0.874. The Labute approximate surface area is 98.2 Å². The van der Waals surface area contributed by atoms with E-state index in [4.69, 9.17) is 4.74 Å². The van der Waals surface area contributed by atoms with Crippen molar-refractivity contribution in [2.45, 2.75) is 46.3 Å². The molecule has 0 aliphatic carbocycles. The highest BCUT2D eigenvalue weighted by Gasteiger charge is 2.14. The molecule has 0 aliphatic rings. The third-order valence-corrected chi connectivity index (χ3v) is 2.03. The summed E-state index contributed by atoms with van der Waals surface area (Å²) < 4.78 is 5.86. The van der Waals surface area contributed by atoms with Crippen molar-refractivity contribution in [3.05, 3.63) is 24.0 Å².